The zero-order valence-corrected chi connectivity index (χ0v) is 9.85. The second kappa shape index (κ2) is 8.13. The molecule has 0 fully saturated rings. The zero-order valence-electron chi connectivity index (χ0n) is 9.03. The van der Waals surface area contributed by atoms with Crippen LogP contribution in [0.4, 0.5) is 0 Å². The van der Waals surface area contributed by atoms with Gasteiger partial charge in [0.05, 0.1) is 0 Å². The fourth-order valence-corrected chi connectivity index (χ4v) is 1.06. The summed E-state index contributed by atoms with van der Waals surface area (Å²) in [5, 5.41) is 0. The van der Waals surface area contributed by atoms with Gasteiger partial charge in [0.25, 0.3) is 12.2 Å². The van der Waals surface area contributed by atoms with Gasteiger partial charge in [0.15, 0.2) is 0 Å². The van der Waals surface area contributed by atoms with E-state index in [2.05, 4.69) is 40.0 Å². The van der Waals surface area contributed by atoms with Crippen LogP contribution in [0.3, 0.4) is 0 Å². The van der Waals surface area contributed by atoms with Gasteiger partial charge in [-0.05, 0) is 12.0 Å². The minimum absolute atomic E-state index is 0.707. The first-order chi connectivity index (χ1) is 8.05. The Balaban J connectivity index is 0.000000302. The van der Waals surface area contributed by atoms with Crippen LogP contribution < -0.4 is 0 Å². The van der Waals surface area contributed by atoms with Crippen molar-refractivity contribution >= 4 is 22.4 Å². The highest BCUT2D eigenvalue weighted by atomic mass is 32.2. The Morgan fingerprint density at radius 3 is 1.82 bits per heavy atom. The van der Waals surface area contributed by atoms with E-state index in [0.717, 1.165) is 6.42 Å². The van der Waals surface area contributed by atoms with Gasteiger partial charge in [-0.15, -0.1) is 0 Å². The quantitative estimate of drug-likeness (QED) is 0.597. The first-order valence-corrected chi connectivity index (χ1v) is 5.92. The average Bonchev–Trinajstić information content (AvgIpc) is 2.31. The molecule has 0 saturated heterocycles. The lowest BCUT2D eigenvalue weighted by Gasteiger charge is -1.89. The van der Waals surface area contributed by atoms with Crippen LogP contribution in [0.5, 0.6) is 0 Å². The molecule has 0 N–H and O–H groups in total. The molecule has 6 nitrogen and oxygen atoms in total. The summed E-state index contributed by atoms with van der Waals surface area (Å²) < 4.78 is 24.3. The summed E-state index contributed by atoms with van der Waals surface area (Å²) in [6, 6.07) is 10.5. The first-order valence-electron chi connectivity index (χ1n) is 4.53. The molecule has 0 aliphatic carbocycles. The van der Waals surface area contributed by atoms with Crippen molar-refractivity contribution in [2.45, 2.75) is 13.3 Å². The van der Waals surface area contributed by atoms with E-state index in [4.69, 9.17) is 0 Å². The summed E-state index contributed by atoms with van der Waals surface area (Å²) >= 11 is 0. The van der Waals surface area contributed by atoms with Gasteiger partial charge in [0.1, 0.15) is 0 Å². The van der Waals surface area contributed by atoms with Crippen molar-refractivity contribution in [1.29, 1.82) is 0 Å². The van der Waals surface area contributed by atoms with Gasteiger partial charge in [0.2, 0.25) is 0 Å². The fraction of sp³-hybridized carbons (Fsp3) is 0.200. The van der Waals surface area contributed by atoms with Gasteiger partial charge >= 0.3 is 10.2 Å². The second-order valence-electron chi connectivity index (χ2n) is 2.65. The molecule has 0 amide bonds. The molecule has 1 rings (SSSR count). The van der Waals surface area contributed by atoms with Crippen molar-refractivity contribution in [2.24, 2.45) is 8.80 Å². The van der Waals surface area contributed by atoms with Crippen LogP contribution in [0.2, 0.25) is 0 Å². The zero-order chi connectivity index (χ0) is 13.1. The van der Waals surface area contributed by atoms with Crippen LogP contribution in [0.15, 0.2) is 39.1 Å². The maximum Gasteiger partial charge on any atom is 0.383 e. The number of rotatable bonds is 3. The Kier molecular flexibility index (Phi) is 7.14. The summed E-state index contributed by atoms with van der Waals surface area (Å²) in [7, 11) is -4.28. The van der Waals surface area contributed by atoms with Crippen molar-refractivity contribution in [3.63, 3.8) is 0 Å². The largest absolute Gasteiger partial charge is 0.383 e. The standard InChI is InChI=1S/C8H10.C2N2O4S/c1-2-8-6-4-3-5-7-8;5-1-3-9(7,8)4-2-6/h3-7H,2H2,1H3;. The molecule has 0 aliphatic rings. The predicted molar refractivity (Wildman–Crippen MR) is 61.0 cm³/mol. The van der Waals surface area contributed by atoms with Crippen molar-refractivity contribution in [1.82, 2.24) is 0 Å². The van der Waals surface area contributed by atoms with E-state index in [1.165, 1.54) is 5.56 Å². The summed E-state index contributed by atoms with van der Waals surface area (Å²) in [5.41, 5.74) is 1.41. The summed E-state index contributed by atoms with van der Waals surface area (Å²) in [4.78, 5) is 18.5. The van der Waals surface area contributed by atoms with Crippen LogP contribution in [0, 0.1) is 0 Å². The Bertz CT molecular complexity index is 503. The van der Waals surface area contributed by atoms with E-state index in [0.29, 0.717) is 12.2 Å². The van der Waals surface area contributed by atoms with Gasteiger partial charge in [-0.1, -0.05) is 46.1 Å². The fourth-order valence-electron chi connectivity index (χ4n) is 0.828. The Labute approximate surface area is 98.9 Å². The van der Waals surface area contributed by atoms with Gasteiger partial charge in [-0.2, -0.15) is 8.42 Å². The maximum atomic E-state index is 9.97. The Morgan fingerprint density at radius 1 is 1.06 bits per heavy atom. The van der Waals surface area contributed by atoms with E-state index in [1.807, 2.05) is 6.07 Å². The van der Waals surface area contributed by atoms with Gasteiger partial charge < -0.3 is 0 Å². The van der Waals surface area contributed by atoms with E-state index in [-0.39, 0.29) is 0 Å². The number of hydrogen-bond donors (Lipinski definition) is 0. The molecular formula is C10H10N2O4S. The lowest BCUT2D eigenvalue weighted by Crippen LogP contribution is -1.86. The molecule has 0 aromatic heterocycles. The van der Waals surface area contributed by atoms with Gasteiger partial charge in [-0.3, -0.25) is 0 Å². The molecule has 90 valence electrons. The number of carbonyl (C=O) groups excluding carboxylic acids is 2. The summed E-state index contributed by atoms with van der Waals surface area (Å²) in [6.07, 6.45) is 2.55. The van der Waals surface area contributed by atoms with Crippen LogP contribution >= 0.6 is 0 Å². The Morgan fingerprint density at radius 2 is 1.53 bits per heavy atom. The number of aryl methyl sites for hydroxylation is 1. The van der Waals surface area contributed by atoms with E-state index in [9.17, 15) is 18.0 Å². The minimum atomic E-state index is -4.28. The maximum absolute atomic E-state index is 9.97. The highest BCUT2D eigenvalue weighted by Gasteiger charge is 2.00. The molecule has 1 aromatic rings. The molecule has 0 saturated carbocycles. The van der Waals surface area contributed by atoms with E-state index >= 15 is 0 Å². The highest BCUT2D eigenvalue weighted by molar-refractivity contribution is 7.89. The molecule has 0 aliphatic heterocycles. The second-order valence-corrected chi connectivity index (χ2v) is 3.91. The Hall–Kier alpha value is -2.07. The molecular weight excluding hydrogens is 244 g/mol. The topological polar surface area (TPSA) is 93.0 Å². The van der Waals surface area contributed by atoms with E-state index in [1.54, 1.807) is 0 Å². The van der Waals surface area contributed by atoms with Crippen molar-refractivity contribution in [2.75, 3.05) is 0 Å². The van der Waals surface area contributed by atoms with Gasteiger partial charge in [-0.25, -0.2) is 9.59 Å². The van der Waals surface area contributed by atoms with Crippen LogP contribution in [0.25, 0.3) is 0 Å². The van der Waals surface area contributed by atoms with Crippen molar-refractivity contribution in [3.05, 3.63) is 35.9 Å². The molecule has 0 atom stereocenters. The molecule has 0 radical (unpaired) electrons. The van der Waals surface area contributed by atoms with Crippen molar-refractivity contribution < 1.29 is 18.0 Å². The number of nitrogens with zero attached hydrogens (tertiary/aromatic N) is 2. The summed E-state index contributed by atoms with van der Waals surface area (Å²) in [6.45, 7) is 2.16. The third kappa shape index (κ3) is 7.81. The SMILES string of the molecule is CCc1ccccc1.O=C=NS(=O)(=O)N=C=O. The van der Waals surface area contributed by atoms with Crippen LogP contribution in [0.1, 0.15) is 12.5 Å². The number of hydrogen-bond acceptors (Lipinski definition) is 4. The first kappa shape index (κ1) is 14.9. The smallest absolute Gasteiger partial charge is 0.210 e. The third-order valence-corrected chi connectivity index (χ3v) is 2.17. The molecule has 17 heavy (non-hydrogen) atoms. The normalized spacial score (nSPS) is 9.00. The number of isocyanates is 2. The molecule has 1 aromatic carbocycles. The molecule has 0 unspecified atom stereocenters. The monoisotopic (exact) mass is 254 g/mol. The molecule has 0 bridgehead atoms. The van der Waals surface area contributed by atoms with E-state index < -0.39 is 10.2 Å². The van der Waals surface area contributed by atoms with Gasteiger partial charge in [0, 0.05) is 0 Å². The predicted octanol–water partition coefficient (Wildman–Crippen LogP) is 1.15. The molecule has 0 heterocycles. The lowest BCUT2D eigenvalue weighted by atomic mass is 10.2. The molecule has 0 spiro atoms. The lowest BCUT2D eigenvalue weighted by molar-refractivity contribution is 0.561. The number of benzene rings is 1. The third-order valence-electron chi connectivity index (χ3n) is 1.56. The van der Waals surface area contributed by atoms with Crippen molar-refractivity contribution in [3.8, 4) is 0 Å². The average molecular weight is 254 g/mol. The molecule has 7 heteroatoms. The summed E-state index contributed by atoms with van der Waals surface area (Å²) in [5.74, 6) is 0. The van der Waals surface area contributed by atoms with Crippen LogP contribution in [-0.2, 0) is 26.2 Å². The minimum Gasteiger partial charge on any atom is -0.210 e. The van der Waals surface area contributed by atoms with Crippen LogP contribution in [-0.4, -0.2) is 20.6 Å². The highest BCUT2D eigenvalue weighted by Crippen LogP contribution is 1.96.